The summed E-state index contributed by atoms with van der Waals surface area (Å²) in [7, 11) is -4.18. The minimum absolute atomic E-state index is 0.217. The molecular formula is C44H28N4O8P2. The minimum Gasteiger partial charge on any atom is -0.258 e. The summed E-state index contributed by atoms with van der Waals surface area (Å²) in [5.41, 5.74) is 0.323. The summed E-state index contributed by atoms with van der Waals surface area (Å²) >= 11 is 0. The highest BCUT2D eigenvalue weighted by atomic mass is 31.1. The monoisotopic (exact) mass is 802 g/mol. The number of benzene rings is 8. The molecule has 0 atom stereocenters. The van der Waals surface area contributed by atoms with Gasteiger partial charge in [0.25, 0.3) is 22.7 Å². The molecule has 0 unspecified atom stereocenters. The topological polar surface area (TPSA) is 173 Å². The summed E-state index contributed by atoms with van der Waals surface area (Å²) in [6, 6.07) is 47.4. The lowest BCUT2D eigenvalue weighted by Crippen LogP contribution is -2.28. The summed E-state index contributed by atoms with van der Waals surface area (Å²) in [5, 5.41) is 56.2. The van der Waals surface area contributed by atoms with Crippen LogP contribution in [0.2, 0.25) is 0 Å². The lowest BCUT2D eigenvalue weighted by molar-refractivity contribution is -0.384. The van der Waals surface area contributed by atoms with E-state index < -0.39 is 35.5 Å². The highest BCUT2D eigenvalue weighted by molar-refractivity contribution is 7.81. The number of hydrogen-bond acceptors (Lipinski definition) is 8. The van der Waals surface area contributed by atoms with Crippen LogP contribution in [0.25, 0.3) is 32.7 Å². The summed E-state index contributed by atoms with van der Waals surface area (Å²) in [5.74, 6) is 0. The maximum absolute atomic E-state index is 12.8. The molecule has 14 heteroatoms. The Morgan fingerprint density at radius 2 is 0.552 bits per heavy atom. The Hall–Kier alpha value is -7.26. The van der Waals surface area contributed by atoms with E-state index in [9.17, 15) is 40.5 Å². The van der Waals surface area contributed by atoms with Crippen LogP contribution < -0.4 is 31.8 Å². The van der Waals surface area contributed by atoms with Gasteiger partial charge in [0, 0.05) is 40.1 Å². The lowest BCUT2D eigenvalue weighted by Gasteiger charge is -2.28. The third-order valence-electron chi connectivity index (χ3n) is 9.82. The van der Waals surface area contributed by atoms with E-state index in [1.165, 1.54) is 24.3 Å². The fourth-order valence-corrected chi connectivity index (χ4v) is 12.8. The van der Waals surface area contributed by atoms with E-state index in [0.29, 0.717) is 32.5 Å². The highest BCUT2D eigenvalue weighted by Gasteiger charge is 2.36. The van der Waals surface area contributed by atoms with Crippen molar-refractivity contribution >= 4 is 92.0 Å². The van der Waals surface area contributed by atoms with Crippen molar-refractivity contribution < 1.29 is 19.7 Å². The largest absolute Gasteiger partial charge is 0.277 e. The molecule has 0 saturated heterocycles. The number of hydrogen-bond donors (Lipinski definition) is 0. The van der Waals surface area contributed by atoms with Gasteiger partial charge in [0.05, 0.1) is 40.9 Å². The second-order valence-electron chi connectivity index (χ2n) is 13.0. The Labute approximate surface area is 332 Å². The van der Waals surface area contributed by atoms with E-state index in [0.717, 1.165) is 10.8 Å². The van der Waals surface area contributed by atoms with Crippen LogP contribution >= 0.6 is 15.8 Å². The van der Waals surface area contributed by atoms with Crippen LogP contribution in [0.5, 0.6) is 0 Å². The van der Waals surface area contributed by atoms with Gasteiger partial charge in [0.1, 0.15) is 0 Å². The first-order chi connectivity index (χ1) is 28.2. The average molecular weight is 803 g/mol. The Morgan fingerprint density at radius 3 is 0.845 bits per heavy atom. The molecule has 0 heterocycles. The Morgan fingerprint density at radius 1 is 0.293 bits per heavy atom. The van der Waals surface area contributed by atoms with Crippen LogP contribution in [-0.2, 0) is 0 Å². The molecule has 0 aromatic heterocycles. The van der Waals surface area contributed by atoms with Gasteiger partial charge in [-0.2, -0.15) is 0 Å². The number of nitro benzene ring substituents is 4. The van der Waals surface area contributed by atoms with Crippen molar-refractivity contribution in [3.05, 3.63) is 210 Å². The smallest absolute Gasteiger partial charge is 0.258 e. The molecule has 0 radical (unpaired) electrons. The van der Waals surface area contributed by atoms with E-state index in [2.05, 4.69) is 0 Å². The fourth-order valence-electron chi connectivity index (χ4n) is 7.43. The van der Waals surface area contributed by atoms with Crippen LogP contribution in [-0.4, -0.2) is 19.7 Å². The second kappa shape index (κ2) is 15.7. The number of rotatable bonds is 11. The lowest BCUT2D eigenvalue weighted by atomic mass is 9.93. The van der Waals surface area contributed by atoms with Gasteiger partial charge < -0.3 is 0 Å². The van der Waals surface area contributed by atoms with Crippen molar-refractivity contribution in [2.24, 2.45) is 0 Å². The van der Waals surface area contributed by atoms with Gasteiger partial charge in [-0.15, -0.1) is 0 Å². The van der Waals surface area contributed by atoms with E-state index in [1.54, 1.807) is 72.8 Å². The van der Waals surface area contributed by atoms with Crippen molar-refractivity contribution in [1.29, 1.82) is 0 Å². The molecular weight excluding hydrogens is 774 g/mol. The Kier molecular flexibility index (Phi) is 10.2. The number of nitro groups is 4. The van der Waals surface area contributed by atoms with Crippen molar-refractivity contribution in [3.63, 3.8) is 0 Å². The van der Waals surface area contributed by atoms with Gasteiger partial charge >= 0.3 is 0 Å². The van der Waals surface area contributed by atoms with Crippen LogP contribution in [0.4, 0.5) is 22.7 Å². The molecule has 0 fully saturated rings. The third kappa shape index (κ3) is 6.70. The quantitative estimate of drug-likeness (QED) is 0.0709. The molecule has 0 amide bonds. The molecule has 0 spiro atoms. The predicted molar refractivity (Wildman–Crippen MR) is 231 cm³/mol. The molecule has 0 aliphatic heterocycles. The van der Waals surface area contributed by atoms with Crippen molar-refractivity contribution in [1.82, 2.24) is 0 Å². The molecule has 0 aliphatic rings. The molecule has 12 nitrogen and oxygen atoms in total. The summed E-state index contributed by atoms with van der Waals surface area (Å²) in [6.45, 7) is 0. The number of para-hydroxylation sites is 4. The first kappa shape index (κ1) is 37.7. The zero-order valence-corrected chi connectivity index (χ0v) is 31.9. The van der Waals surface area contributed by atoms with Gasteiger partial charge in [0.2, 0.25) is 0 Å². The molecule has 0 saturated carbocycles. The van der Waals surface area contributed by atoms with Crippen molar-refractivity contribution in [3.8, 4) is 11.1 Å². The van der Waals surface area contributed by atoms with Gasteiger partial charge in [-0.05, 0) is 67.5 Å². The van der Waals surface area contributed by atoms with Crippen molar-refractivity contribution in [2.45, 2.75) is 0 Å². The van der Waals surface area contributed by atoms with Gasteiger partial charge in [0.15, 0.2) is 0 Å². The van der Waals surface area contributed by atoms with E-state index in [1.807, 2.05) is 72.8 Å². The summed E-state index contributed by atoms with van der Waals surface area (Å²) in [4.78, 5) is 49.0. The van der Waals surface area contributed by atoms with Gasteiger partial charge in [-0.25, -0.2) is 0 Å². The Balaban J connectivity index is 1.60. The van der Waals surface area contributed by atoms with Gasteiger partial charge in [-0.3, -0.25) is 40.5 Å². The minimum atomic E-state index is -2.09. The molecule has 282 valence electrons. The van der Waals surface area contributed by atoms with E-state index in [4.69, 9.17) is 0 Å². The zero-order chi connectivity index (χ0) is 40.5. The average Bonchev–Trinajstić information content (AvgIpc) is 3.24. The van der Waals surface area contributed by atoms with Crippen LogP contribution in [0.15, 0.2) is 170 Å². The fraction of sp³-hybridized carbons (Fsp3) is 0. The first-order valence-electron chi connectivity index (χ1n) is 17.7. The standard InChI is InChI=1S/C44H28N4O8P2/c49-45(50)33-17-5-9-21-37(33)57(38-22-10-6-18-34(38)46(51)52)41-27-25-29-13-1-3-15-31(29)43(41)44-32-16-4-2-14-30(32)26-28-42(44)58(39-23-11-7-19-35(39)47(53)54)40-24-12-8-20-36(40)48(55)56/h1-28H. The van der Waals surface area contributed by atoms with Crippen LogP contribution in [0, 0.1) is 40.5 Å². The highest BCUT2D eigenvalue weighted by Crippen LogP contribution is 2.49. The summed E-state index contributed by atoms with van der Waals surface area (Å²) in [6.07, 6.45) is 0. The second-order valence-corrected chi connectivity index (χ2v) is 17.2. The first-order valence-corrected chi connectivity index (χ1v) is 20.4. The van der Waals surface area contributed by atoms with E-state index in [-0.39, 0.29) is 44.0 Å². The van der Waals surface area contributed by atoms with Crippen LogP contribution in [0.3, 0.4) is 0 Å². The summed E-state index contributed by atoms with van der Waals surface area (Å²) < 4.78 is 0. The number of nitrogens with zero attached hydrogens (tertiary/aromatic N) is 4. The van der Waals surface area contributed by atoms with Gasteiger partial charge in [-0.1, -0.05) is 121 Å². The SMILES string of the molecule is O=[N+]([O-])c1ccccc1P(c1ccccc1[N+](=O)[O-])c1ccc2ccccc2c1-c1c(P(c2ccccc2[N+](=O)[O-])c2ccccc2[N+](=O)[O-])ccc2ccccc12. The molecule has 0 N–H and O–H groups in total. The third-order valence-corrected chi connectivity index (χ3v) is 15.0. The normalized spacial score (nSPS) is 11.3. The maximum Gasteiger partial charge on any atom is 0.277 e. The molecule has 0 aliphatic carbocycles. The molecule has 58 heavy (non-hydrogen) atoms. The molecule has 8 rings (SSSR count). The zero-order valence-electron chi connectivity index (χ0n) is 30.1. The maximum atomic E-state index is 12.8. The molecule has 8 aromatic rings. The van der Waals surface area contributed by atoms with Crippen LogP contribution in [0.1, 0.15) is 0 Å². The van der Waals surface area contributed by atoms with E-state index >= 15 is 0 Å². The molecule has 8 aromatic carbocycles. The molecule has 0 bridgehead atoms. The Bertz CT molecular complexity index is 2660. The predicted octanol–water partition coefficient (Wildman–Crippen LogP) is 8.81. The van der Waals surface area contributed by atoms with Crippen molar-refractivity contribution in [2.75, 3.05) is 0 Å². The number of fused-ring (bicyclic) bond motifs is 2.